The maximum absolute atomic E-state index is 12.4. The van der Waals surface area contributed by atoms with Crippen LogP contribution in [-0.4, -0.2) is 32.0 Å². The maximum atomic E-state index is 12.4. The molecule has 2 aromatic rings. The molecule has 1 aliphatic heterocycles. The van der Waals surface area contributed by atoms with Gasteiger partial charge in [0.25, 0.3) is 0 Å². The standard InChI is InChI=1S/C17H19N3O4S/c1-10(8-22-2)18-17-20-19-13(9-25-17)12-7-11-5-4-6-14(23-3)15(11)24-16(12)21/h4-7,9-10,19H,8H2,1-3H3,(H,18,20)/t10-/m0/s1. The Morgan fingerprint density at radius 2 is 2.16 bits per heavy atom. The molecule has 0 amide bonds. The number of methoxy groups -OCH3 is 2. The highest BCUT2D eigenvalue weighted by atomic mass is 32.2. The maximum Gasteiger partial charge on any atom is 0.345 e. The van der Waals surface area contributed by atoms with E-state index in [1.165, 1.54) is 11.8 Å². The van der Waals surface area contributed by atoms with E-state index in [0.717, 1.165) is 5.39 Å². The third-order valence-electron chi connectivity index (χ3n) is 3.57. The highest BCUT2D eigenvalue weighted by Gasteiger charge is 2.16. The first kappa shape index (κ1) is 17.4. The molecule has 1 aromatic carbocycles. The third kappa shape index (κ3) is 3.80. The van der Waals surface area contributed by atoms with E-state index in [4.69, 9.17) is 13.9 Å². The molecule has 0 aliphatic carbocycles. The summed E-state index contributed by atoms with van der Waals surface area (Å²) in [6, 6.07) is 7.29. The van der Waals surface area contributed by atoms with Crippen molar-refractivity contribution < 1.29 is 13.9 Å². The minimum atomic E-state index is -0.439. The van der Waals surface area contributed by atoms with Crippen LogP contribution in [-0.2, 0) is 4.74 Å². The summed E-state index contributed by atoms with van der Waals surface area (Å²) in [6.07, 6.45) is 0. The van der Waals surface area contributed by atoms with Crippen LogP contribution in [0.5, 0.6) is 5.75 Å². The second-order valence-electron chi connectivity index (χ2n) is 5.46. The second-order valence-corrected chi connectivity index (χ2v) is 6.32. The van der Waals surface area contributed by atoms with Gasteiger partial charge >= 0.3 is 5.63 Å². The van der Waals surface area contributed by atoms with E-state index < -0.39 is 5.63 Å². The van der Waals surface area contributed by atoms with E-state index in [-0.39, 0.29) is 6.04 Å². The smallest absolute Gasteiger partial charge is 0.345 e. The molecule has 0 bridgehead atoms. The molecule has 0 radical (unpaired) electrons. The molecule has 0 saturated heterocycles. The number of hydrogen-bond acceptors (Lipinski definition) is 7. The molecule has 0 unspecified atom stereocenters. The zero-order valence-corrected chi connectivity index (χ0v) is 15.0. The Bertz CT molecular complexity index is 891. The minimum absolute atomic E-state index is 0.0370. The Kier molecular flexibility index (Phi) is 5.30. The number of hydrogen-bond donors (Lipinski definition) is 2. The normalized spacial score (nSPS) is 16.9. The van der Waals surface area contributed by atoms with Crippen molar-refractivity contribution in [1.82, 2.24) is 10.9 Å². The van der Waals surface area contributed by atoms with Crippen molar-refractivity contribution in [2.75, 3.05) is 20.8 Å². The molecule has 25 heavy (non-hydrogen) atoms. The molecule has 132 valence electrons. The number of rotatable bonds is 5. The predicted octanol–water partition coefficient (Wildman–Crippen LogP) is 2.33. The number of hydrazine groups is 1. The van der Waals surface area contributed by atoms with Gasteiger partial charge in [0.2, 0.25) is 0 Å². The van der Waals surface area contributed by atoms with Gasteiger partial charge in [-0.1, -0.05) is 23.9 Å². The summed E-state index contributed by atoms with van der Waals surface area (Å²) in [5.74, 6) is 0.529. The van der Waals surface area contributed by atoms with Gasteiger partial charge in [0.15, 0.2) is 16.5 Å². The number of nitrogens with one attached hydrogen (secondary N) is 2. The molecule has 1 aliphatic rings. The van der Waals surface area contributed by atoms with Crippen molar-refractivity contribution >= 4 is 33.6 Å². The molecule has 1 atom stereocenters. The Balaban J connectivity index is 1.89. The predicted molar refractivity (Wildman–Crippen MR) is 99.6 cm³/mol. The summed E-state index contributed by atoms with van der Waals surface area (Å²) >= 11 is 1.40. The van der Waals surface area contributed by atoms with E-state index in [9.17, 15) is 4.79 Å². The van der Waals surface area contributed by atoms with Gasteiger partial charge in [-0.25, -0.2) is 4.79 Å². The lowest BCUT2D eigenvalue weighted by atomic mass is 10.1. The van der Waals surface area contributed by atoms with Gasteiger partial charge in [-0.15, -0.1) is 0 Å². The first-order chi connectivity index (χ1) is 12.1. The molecule has 2 N–H and O–H groups in total. The lowest BCUT2D eigenvalue weighted by Crippen LogP contribution is -2.38. The van der Waals surface area contributed by atoms with Gasteiger partial charge in [-0.3, -0.25) is 15.8 Å². The average molecular weight is 361 g/mol. The lowest BCUT2D eigenvalue weighted by molar-refractivity contribution is 0.186. The molecule has 0 saturated carbocycles. The van der Waals surface area contributed by atoms with Gasteiger partial charge in [-0.05, 0) is 19.1 Å². The number of ether oxygens (including phenoxy) is 2. The van der Waals surface area contributed by atoms with Crippen LogP contribution in [0.1, 0.15) is 12.5 Å². The van der Waals surface area contributed by atoms with Crippen LogP contribution in [0.15, 0.2) is 43.9 Å². The second kappa shape index (κ2) is 7.62. The number of amidine groups is 1. The number of fused-ring (bicyclic) bond motifs is 1. The van der Waals surface area contributed by atoms with E-state index in [2.05, 4.69) is 15.8 Å². The van der Waals surface area contributed by atoms with Crippen molar-refractivity contribution in [3.63, 3.8) is 0 Å². The topological polar surface area (TPSA) is 85.1 Å². The molecular weight excluding hydrogens is 342 g/mol. The van der Waals surface area contributed by atoms with Crippen molar-refractivity contribution in [3.8, 4) is 5.75 Å². The highest BCUT2D eigenvalue weighted by molar-refractivity contribution is 8.16. The number of aliphatic imine (C=N–C) groups is 1. The molecule has 1 aromatic heterocycles. The molecule has 2 heterocycles. The van der Waals surface area contributed by atoms with Gasteiger partial charge in [0.1, 0.15) is 0 Å². The number of benzene rings is 1. The summed E-state index contributed by atoms with van der Waals surface area (Å²) in [5, 5.41) is 3.32. The highest BCUT2D eigenvalue weighted by Crippen LogP contribution is 2.26. The van der Waals surface area contributed by atoms with Crippen LogP contribution in [0.2, 0.25) is 0 Å². The Labute approximate surface area is 149 Å². The average Bonchev–Trinajstić information content (AvgIpc) is 2.61. The van der Waals surface area contributed by atoms with Crippen LogP contribution >= 0.6 is 11.8 Å². The third-order valence-corrected chi connectivity index (χ3v) is 4.36. The quantitative estimate of drug-likeness (QED) is 0.791. The fourth-order valence-corrected chi connectivity index (χ4v) is 3.20. The Morgan fingerprint density at radius 3 is 2.84 bits per heavy atom. The summed E-state index contributed by atoms with van der Waals surface area (Å²) in [7, 11) is 3.18. The number of nitrogens with zero attached hydrogens (tertiary/aromatic N) is 1. The first-order valence-corrected chi connectivity index (χ1v) is 8.57. The van der Waals surface area contributed by atoms with E-state index >= 15 is 0 Å². The van der Waals surface area contributed by atoms with Crippen molar-refractivity contribution in [3.05, 3.63) is 45.7 Å². The zero-order chi connectivity index (χ0) is 17.8. The SMILES string of the molecule is COC[C@H](C)N=C1NNC(c2cc3cccc(OC)c3oc2=O)=CS1. The van der Waals surface area contributed by atoms with Gasteiger partial charge < -0.3 is 13.9 Å². The Morgan fingerprint density at radius 1 is 1.32 bits per heavy atom. The van der Waals surface area contributed by atoms with E-state index in [1.807, 2.05) is 24.5 Å². The lowest BCUT2D eigenvalue weighted by Gasteiger charge is -2.19. The molecule has 0 spiro atoms. The summed E-state index contributed by atoms with van der Waals surface area (Å²) in [5.41, 5.74) is 7.04. The molecular formula is C17H19N3O4S. The van der Waals surface area contributed by atoms with Crippen LogP contribution in [0, 0.1) is 0 Å². The molecule has 8 heteroatoms. The molecule has 0 fully saturated rings. The zero-order valence-electron chi connectivity index (χ0n) is 14.2. The fourth-order valence-electron chi connectivity index (χ4n) is 2.43. The fraction of sp³-hybridized carbons (Fsp3) is 0.294. The van der Waals surface area contributed by atoms with E-state index in [0.29, 0.717) is 34.4 Å². The van der Waals surface area contributed by atoms with Crippen molar-refractivity contribution in [1.29, 1.82) is 0 Å². The summed E-state index contributed by atoms with van der Waals surface area (Å²) < 4.78 is 15.7. The summed E-state index contributed by atoms with van der Waals surface area (Å²) in [4.78, 5) is 16.8. The summed E-state index contributed by atoms with van der Waals surface area (Å²) in [6.45, 7) is 2.50. The van der Waals surface area contributed by atoms with E-state index in [1.54, 1.807) is 26.4 Å². The van der Waals surface area contributed by atoms with Crippen LogP contribution < -0.4 is 21.2 Å². The van der Waals surface area contributed by atoms with Gasteiger partial charge in [-0.2, -0.15) is 0 Å². The molecule has 7 nitrogen and oxygen atoms in total. The van der Waals surface area contributed by atoms with Crippen LogP contribution in [0.25, 0.3) is 16.7 Å². The monoisotopic (exact) mass is 361 g/mol. The van der Waals surface area contributed by atoms with Crippen molar-refractivity contribution in [2.45, 2.75) is 13.0 Å². The Hall–Kier alpha value is -2.45. The van der Waals surface area contributed by atoms with Crippen LogP contribution in [0.4, 0.5) is 0 Å². The minimum Gasteiger partial charge on any atom is -0.493 e. The number of thioether (sulfide) groups is 1. The molecule has 3 rings (SSSR count). The number of para-hydroxylation sites is 1. The largest absolute Gasteiger partial charge is 0.493 e. The van der Waals surface area contributed by atoms with Gasteiger partial charge in [0.05, 0.1) is 31.0 Å². The van der Waals surface area contributed by atoms with Crippen molar-refractivity contribution in [2.24, 2.45) is 4.99 Å². The van der Waals surface area contributed by atoms with Gasteiger partial charge in [0, 0.05) is 17.9 Å². The van der Waals surface area contributed by atoms with Crippen LogP contribution in [0.3, 0.4) is 0 Å². The first-order valence-electron chi connectivity index (χ1n) is 7.69.